The van der Waals surface area contributed by atoms with Crippen LogP contribution in [-0.2, 0) is 11.1 Å². The topological polar surface area (TPSA) is 48.5 Å². The van der Waals surface area contributed by atoms with Crippen LogP contribution in [0.15, 0.2) is 43.2 Å². The summed E-state index contributed by atoms with van der Waals surface area (Å²) >= 11 is 0. The highest BCUT2D eigenvalue weighted by Gasteiger charge is 2.60. The largest absolute Gasteiger partial charge is 0.325 e. The van der Waals surface area contributed by atoms with Crippen LogP contribution in [0.5, 0.6) is 0 Å². The average molecular weight is 381 g/mol. The Bertz CT molecular complexity index is 1030. The van der Waals surface area contributed by atoms with Gasteiger partial charge in [0.25, 0.3) is 0 Å². The third-order valence-electron chi connectivity index (χ3n) is 7.23. The van der Waals surface area contributed by atoms with Crippen molar-refractivity contribution >= 4 is 0 Å². The van der Waals surface area contributed by atoms with E-state index in [0.717, 1.165) is 37.9 Å². The Balaban J connectivity index is 1.47. The van der Waals surface area contributed by atoms with Gasteiger partial charge in [-0.25, -0.2) is 23.4 Å². The zero-order chi connectivity index (χ0) is 18.9. The summed E-state index contributed by atoms with van der Waals surface area (Å²) in [6, 6.07) is 4.05. The van der Waals surface area contributed by atoms with Crippen LogP contribution in [0, 0.1) is 23.5 Å². The maximum absolute atomic E-state index is 13.9. The molecule has 2 unspecified atom stereocenters. The summed E-state index contributed by atoms with van der Waals surface area (Å²) in [4.78, 5) is 8.74. The number of hydrogen-bond donors (Lipinski definition) is 0. The normalized spacial score (nSPS) is 33.5. The average Bonchev–Trinajstić information content (AvgIpc) is 3.35. The molecule has 5 nitrogen and oxygen atoms in total. The van der Waals surface area contributed by atoms with E-state index in [1.807, 2.05) is 12.5 Å². The lowest BCUT2D eigenvalue weighted by molar-refractivity contribution is -0.0968. The molecule has 2 aromatic heterocycles. The molecule has 1 aromatic carbocycles. The van der Waals surface area contributed by atoms with Crippen molar-refractivity contribution in [1.29, 1.82) is 0 Å². The van der Waals surface area contributed by atoms with Crippen molar-refractivity contribution in [3.8, 4) is 11.4 Å². The van der Waals surface area contributed by atoms with Crippen LogP contribution >= 0.6 is 0 Å². The lowest BCUT2D eigenvalue weighted by Crippen LogP contribution is -2.60. The summed E-state index contributed by atoms with van der Waals surface area (Å²) in [6.45, 7) is 0. The lowest BCUT2D eigenvalue weighted by Gasteiger charge is -2.62. The summed E-state index contributed by atoms with van der Waals surface area (Å²) in [7, 11) is 0. The Morgan fingerprint density at radius 3 is 2.50 bits per heavy atom. The van der Waals surface area contributed by atoms with Gasteiger partial charge in [0, 0.05) is 23.5 Å². The summed E-state index contributed by atoms with van der Waals surface area (Å²) in [6.07, 6.45) is 14.0. The molecule has 4 fully saturated rings. The number of halogens is 2. The molecular formula is C21H21F2N5. The van der Waals surface area contributed by atoms with Gasteiger partial charge in [0.05, 0.1) is 5.54 Å². The Morgan fingerprint density at radius 1 is 1.00 bits per heavy atom. The molecular weight excluding hydrogens is 360 g/mol. The van der Waals surface area contributed by atoms with Crippen molar-refractivity contribution in [3.05, 3.63) is 54.9 Å². The van der Waals surface area contributed by atoms with Crippen molar-refractivity contribution in [3.63, 3.8) is 0 Å². The Labute approximate surface area is 161 Å². The van der Waals surface area contributed by atoms with Crippen LogP contribution in [0.1, 0.15) is 38.5 Å². The number of nitrogens with zero attached hydrogens (tertiary/aromatic N) is 5. The highest BCUT2D eigenvalue weighted by molar-refractivity contribution is 5.56. The zero-order valence-corrected chi connectivity index (χ0v) is 15.4. The van der Waals surface area contributed by atoms with E-state index in [1.54, 1.807) is 18.6 Å². The second-order valence-electron chi connectivity index (χ2n) is 9.00. The molecule has 0 saturated heterocycles. The molecule has 0 amide bonds. The molecule has 2 heterocycles. The lowest BCUT2D eigenvalue weighted by atomic mass is 9.49. The van der Waals surface area contributed by atoms with Crippen LogP contribution < -0.4 is 0 Å². The maximum atomic E-state index is 13.9. The predicted molar refractivity (Wildman–Crippen MR) is 98.2 cm³/mol. The van der Waals surface area contributed by atoms with Crippen LogP contribution in [0.2, 0.25) is 0 Å². The van der Waals surface area contributed by atoms with Crippen LogP contribution in [0.3, 0.4) is 0 Å². The van der Waals surface area contributed by atoms with Crippen molar-refractivity contribution in [2.24, 2.45) is 11.8 Å². The first-order chi connectivity index (χ1) is 13.6. The Kier molecular flexibility index (Phi) is 3.21. The first-order valence-corrected chi connectivity index (χ1v) is 9.91. The third-order valence-corrected chi connectivity index (χ3v) is 7.23. The summed E-state index contributed by atoms with van der Waals surface area (Å²) in [5.74, 6) is 0.337. The predicted octanol–water partition coefficient (Wildman–Crippen LogP) is 4.12. The van der Waals surface area contributed by atoms with E-state index in [0.29, 0.717) is 17.4 Å². The van der Waals surface area contributed by atoms with Crippen LogP contribution in [0.4, 0.5) is 8.78 Å². The monoisotopic (exact) mass is 381 g/mol. The molecule has 0 radical (unpaired) electrons. The molecule has 4 bridgehead atoms. The molecule has 7 heteroatoms. The fourth-order valence-corrected chi connectivity index (χ4v) is 6.70. The number of hydrogen-bond acceptors (Lipinski definition) is 3. The fourth-order valence-electron chi connectivity index (χ4n) is 6.70. The molecule has 0 N–H and O–H groups in total. The second-order valence-corrected chi connectivity index (χ2v) is 9.00. The van der Waals surface area contributed by atoms with E-state index in [-0.39, 0.29) is 11.1 Å². The number of rotatable bonds is 3. The molecule has 0 aliphatic heterocycles. The Morgan fingerprint density at radius 2 is 1.79 bits per heavy atom. The first kappa shape index (κ1) is 16.4. The van der Waals surface area contributed by atoms with E-state index in [4.69, 9.17) is 0 Å². The van der Waals surface area contributed by atoms with Crippen molar-refractivity contribution in [1.82, 2.24) is 24.3 Å². The van der Waals surface area contributed by atoms with Crippen LogP contribution in [-0.4, -0.2) is 24.3 Å². The van der Waals surface area contributed by atoms with Gasteiger partial charge in [0.2, 0.25) is 0 Å². The standard InChI is InChI=1S/C21H21F2N5/c22-17-2-1-16(6-18(17)23)19-25-3-4-27(19)20-7-14-5-15(8-20)10-21(9-14,11-20)28-13-24-12-26-28/h1-4,6,12-15H,5,7-11H2. The maximum Gasteiger partial charge on any atom is 0.159 e. The van der Waals surface area contributed by atoms with Gasteiger partial charge in [-0.3, -0.25) is 0 Å². The highest BCUT2D eigenvalue weighted by Crippen LogP contribution is 2.63. The van der Waals surface area contributed by atoms with E-state index in [9.17, 15) is 8.78 Å². The van der Waals surface area contributed by atoms with Gasteiger partial charge in [-0.1, -0.05) is 0 Å². The summed E-state index contributed by atoms with van der Waals surface area (Å²) in [5.41, 5.74) is 0.553. The number of aromatic nitrogens is 5. The van der Waals surface area contributed by atoms with Gasteiger partial charge in [0.1, 0.15) is 18.5 Å². The molecule has 4 aliphatic carbocycles. The molecule has 4 saturated carbocycles. The molecule has 2 atom stereocenters. The molecule has 0 spiro atoms. The minimum atomic E-state index is -0.836. The Hall–Kier alpha value is -2.57. The second kappa shape index (κ2) is 5.49. The number of benzene rings is 1. The van der Waals surface area contributed by atoms with Gasteiger partial charge in [-0.05, 0) is 68.6 Å². The van der Waals surface area contributed by atoms with Gasteiger partial charge >= 0.3 is 0 Å². The van der Waals surface area contributed by atoms with E-state index < -0.39 is 11.6 Å². The highest BCUT2D eigenvalue weighted by atomic mass is 19.2. The van der Waals surface area contributed by atoms with Gasteiger partial charge in [-0.2, -0.15) is 5.10 Å². The van der Waals surface area contributed by atoms with Gasteiger partial charge < -0.3 is 4.57 Å². The van der Waals surface area contributed by atoms with Gasteiger partial charge in [0.15, 0.2) is 11.6 Å². The molecule has 144 valence electrons. The quantitative estimate of drug-likeness (QED) is 0.686. The number of imidazole rings is 1. The molecule has 3 aromatic rings. The minimum Gasteiger partial charge on any atom is -0.325 e. The first-order valence-electron chi connectivity index (χ1n) is 9.91. The minimum absolute atomic E-state index is 0.00380. The van der Waals surface area contributed by atoms with Crippen LogP contribution in [0.25, 0.3) is 11.4 Å². The van der Waals surface area contributed by atoms with E-state index in [2.05, 4.69) is 24.3 Å². The third kappa shape index (κ3) is 2.19. The van der Waals surface area contributed by atoms with Crippen molar-refractivity contribution < 1.29 is 8.78 Å². The summed E-state index contributed by atoms with van der Waals surface area (Å²) in [5, 5.41) is 4.51. The fraction of sp³-hybridized carbons (Fsp3) is 0.476. The summed E-state index contributed by atoms with van der Waals surface area (Å²) < 4.78 is 31.6. The molecule has 28 heavy (non-hydrogen) atoms. The zero-order valence-electron chi connectivity index (χ0n) is 15.4. The van der Waals surface area contributed by atoms with Gasteiger partial charge in [-0.15, -0.1) is 0 Å². The smallest absolute Gasteiger partial charge is 0.159 e. The van der Waals surface area contributed by atoms with Crippen molar-refractivity contribution in [2.45, 2.75) is 49.6 Å². The van der Waals surface area contributed by atoms with E-state index >= 15 is 0 Å². The van der Waals surface area contributed by atoms with Crippen molar-refractivity contribution in [2.75, 3.05) is 0 Å². The molecule has 4 aliphatic rings. The molecule has 7 rings (SSSR count). The SMILES string of the molecule is Fc1ccc(-c2nccn2C23CC4CC(CC(n5cncn5)(C4)C2)C3)cc1F. The van der Waals surface area contributed by atoms with E-state index in [1.165, 1.54) is 18.6 Å².